The molecule has 1 saturated heterocycles. The van der Waals surface area contributed by atoms with E-state index >= 15 is 0 Å². The van der Waals surface area contributed by atoms with Crippen molar-refractivity contribution in [2.75, 3.05) is 36.0 Å². The zero-order valence-corrected chi connectivity index (χ0v) is 13.9. The van der Waals surface area contributed by atoms with Gasteiger partial charge in [0.05, 0.1) is 0 Å². The number of rotatable bonds is 3. The summed E-state index contributed by atoms with van der Waals surface area (Å²) in [5, 5.41) is 1.85. The van der Waals surface area contributed by atoms with E-state index in [1.54, 1.807) is 0 Å². The van der Waals surface area contributed by atoms with Crippen molar-refractivity contribution >= 4 is 34.0 Å². The number of nitrogens with zero attached hydrogens (tertiary/aromatic N) is 4. The van der Waals surface area contributed by atoms with Gasteiger partial charge in [-0.15, -0.1) is 0 Å². The summed E-state index contributed by atoms with van der Waals surface area (Å²) in [5.41, 5.74) is 2.52. The van der Waals surface area contributed by atoms with Crippen LogP contribution in [0.3, 0.4) is 0 Å². The van der Waals surface area contributed by atoms with Crippen LogP contribution in [0.25, 0.3) is 0 Å². The molecule has 0 N–H and O–H groups in total. The Morgan fingerprint density at radius 3 is 2.57 bits per heavy atom. The highest BCUT2D eigenvalue weighted by Gasteiger charge is 2.21. The standard InChI is InChI=1S/C15H19ClN4S/c1-3-14-17-15(21-18-14)20-8-6-19(7-9-20)13-10-12(16)5-4-11(13)2/h4-5,10H,3,6-9H2,1-2H3. The highest BCUT2D eigenvalue weighted by Crippen LogP contribution is 2.27. The summed E-state index contributed by atoms with van der Waals surface area (Å²) < 4.78 is 4.37. The second-order valence-electron chi connectivity index (χ2n) is 5.25. The van der Waals surface area contributed by atoms with Crippen molar-refractivity contribution in [2.24, 2.45) is 0 Å². The Morgan fingerprint density at radius 2 is 1.90 bits per heavy atom. The molecule has 2 heterocycles. The zero-order chi connectivity index (χ0) is 14.8. The summed E-state index contributed by atoms with van der Waals surface area (Å²) in [6.45, 7) is 8.15. The van der Waals surface area contributed by atoms with Gasteiger partial charge in [0.15, 0.2) is 0 Å². The third-order valence-corrected chi connectivity index (χ3v) is 4.89. The molecule has 1 aliphatic heterocycles. The fourth-order valence-electron chi connectivity index (χ4n) is 2.58. The Balaban J connectivity index is 1.68. The molecular formula is C15H19ClN4S. The van der Waals surface area contributed by atoms with Crippen LogP contribution in [0.4, 0.5) is 10.8 Å². The van der Waals surface area contributed by atoms with Crippen LogP contribution in [-0.2, 0) is 6.42 Å². The summed E-state index contributed by atoms with van der Waals surface area (Å²) in [7, 11) is 0. The molecule has 1 aromatic heterocycles. The summed E-state index contributed by atoms with van der Waals surface area (Å²) in [5.74, 6) is 0.947. The van der Waals surface area contributed by atoms with Gasteiger partial charge in [-0.2, -0.15) is 4.37 Å². The van der Waals surface area contributed by atoms with Gasteiger partial charge in [-0.25, -0.2) is 4.98 Å². The molecule has 0 bridgehead atoms. The van der Waals surface area contributed by atoms with E-state index in [9.17, 15) is 0 Å². The fraction of sp³-hybridized carbons (Fsp3) is 0.467. The minimum absolute atomic E-state index is 0.801. The topological polar surface area (TPSA) is 32.3 Å². The minimum atomic E-state index is 0.801. The quantitative estimate of drug-likeness (QED) is 0.867. The lowest BCUT2D eigenvalue weighted by molar-refractivity contribution is 0.650. The smallest absolute Gasteiger partial charge is 0.205 e. The second kappa shape index (κ2) is 6.20. The highest BCUT2D eigenvalue weighted by molar-refractivity contribution is 7.09. The summed E-state index contributed by atoms with van der Waals surface area (Å²) >= 11 is 7.63. The van der Waals surface area contributed by atoms with E-state index in [4.69, 9.17) is 11.6 Å². The first kappa shape index (κ1) is 14.6. The molecule has 6 heteroatoms. The lowest BCUT2D eigenvalue weighted by atomic mass is 10.1. The van der Waals surface area contributed by atoms with Gasteiger partial charge in [0.25, 0.3) is 0 Å². The van der Waals surface area contributed by atoms with E-state index in [1.165, 1.54) is 22.8 Å². The lowest BCUT2D eigenvalue weighted by Gasteiger charge is -2.36. The molecule has 4 nitrogen and oxygen atoms in total. The molecule has 3 rings (SSSR count). The van der Waals surface area contributed by atoms with E-state index in [1.807, 2.05) is 6.07 Å². The first-order valence-electron chi connectivity index (χ1n) is 7.26. The van der Waals surface area contributed by atoms with Crippen molar-refractivity contribution in [3.05, 3.63) is 34.6 Å². The molecule has 0 radical (unpaired) electrons. The number of hydrogen-bond acceptors (Lipinski definition) is 5. The van der Waals surface area contributed by atoms with Gasteiger partial charge >= 0.3 is 0 Å². The number of piperazine rings is 1. The third kappa shape index (κ3) is 3.14. The van der Waals surface area contributed by atoms with Crippen LogP contribution in [0, 0.1) is 6.92 Å². The van der Waals surface area contributed by atoms with Crippen LogP contribution in [0.2, 0.25) is 5.02 Å². The molecule has 2 aromatic rings. The van der Waals surface area contributed by atoms with E-state index < -0.39 is 0 Å². The predicted molar refractivity (Wildman–Crippen MR) is 89.9 cm³/mol. The Morgan fingerprint density at radius 1 is 1.19 bits per heavy atom. The molecule has 1 fully saturated rings. The maximum absolute atomic E-state index is 6.13. The molecule has 0 spiro atoms. The number of aromatic nitrogens is 2. The fourth-order valence-corrected chi connectivity index (χ4v) is 3.55. The summed E-state index contributed by atoms with van der Waals surface area (Å²) in [6.07, 6.45) is 0.901. The van der Waals surface area contributed by atoms with Gasteiger partial charge in [-0.3, -0.25) is 0 Å². The molecule has 1 aromatic carbocycles. The van der Waals surface area contributed by atoms with Crippen LogP contribution >= 0.6 is 23.1 Å². The van der Waals surface area contributed by atoms with Crippen molar-refractivity contribution in [3.8, 4) is 0 Å². The second-order valence-corrected chi connectivity index (χ2v) is 6.42. The normalized spacial score (nSPS) is 15.6. The molecule has 112 valence electrons. The molecule has 21 heavy (non-hydrogen) atoms. The Bertz CT molecular complexity index is 620. The van der Waals surface area contributed by atoms with E-state index in [-0.39, 0.29) is 0 Å². The van der Waals surface area contributed by atoms with Crippen LogP contribution in [0.15, 0.2) is 18.2 Å². The highest BCUT2D eigenvalue weighted by atomic mass is 35.5. The molecule has 1 aliphatic rings. The van der Waals surface area contributed by atoms with Crippen molar-refractivity contribution in [3.63, 3.8) is 0 Å². The molecule has 0 aliphatic carbocycles. The number of halogens is 1. The van der Waals surface area contributed by atoms with Gasteiger partial charge in [0, 0.05) is 54.8 Å². The summed E-state index contributed by atoms with van der Waals surface area (Å²) in [6, 6.07) is 6.10. The van der Waals surface area contributed by atoms with Crippen molar-refractivity contribution in [2.45, 2.75) is 20.3 Å². The van der Waals surface area contributed by atoms with E-state index in [0.29, 0.717) is 0 Å². The largest absolute Gasteiger partial charge is 0.368 e. The maximum Gasteiger partial charge on any atom is 0.205 e. The number of hydrogen-bond donors (Lipinski definition) is 0. The molecule has 0 atom stereocenters. The first-order chi connectivity index (χ1) is 10.2. The van der Waals surface area contributed by atoms with E-state index in [2.05, 4.69) is 45.1 Å². The number of anilines is 2. The van der Waals surface area contributed by atoms with Crippen molar-refractivity contribution in [1.82, 2.24) is 9.36 Å². The SMILES string of the molecule is CCc1nsc(N2CCN(c3cc(Cl)ccc3C)CC2)n1. The summed E-state index contributed by atoms with van der Waals surface area (Å²) in [4.78, 5) is 9.30. The zero-order valence-electron chi connectivity index (χ0n) is 12.3. The Kier molecular flexibility index (Phi) is 4.31. The average molecular weight is 323 g/mol. The molecule has 0 saturated carbocycles. The van der Waals surface area contributed by atoms with Crippen LogP contribution < -0.4 is 9.80 Å². The van der Waals surface area contributed by atoms with Crippen LogP contribution in [0.5, 0.6) is 0 Å². The van der Waals surface area contributed by atoms with Crippen LogP contribution in [-0.4, -0.2) is 35.5 Å². The lowest BCUT2D eigenvalue weighted by Crippen LogP contribution is -2.46. The maximum atomic E-state index is 6.13. The van der Waals surface area contributed by atoms with Gasteiger partial charge in [0.2, 0.25) is 5.13 Å². The van der Waals surface area contributed by atoms with Crippen molar-refractivity contribution < 1.29 is 0 Å². The first-order valence-corrected chi connectivity index (χ1v) is 8.41. The van der Waals surface area contributed by atoms with Crippen molar-refractivity contribution in [1.29, 1.82) is 0 Å². The monoisotopic (exact) mass is 322 g/mol. The number of aryl methyl sites for hydroxylation is 2. The van der Waals surface area contributed by atoms with Crippen LogP contribution in [0.1, 0.15) is 18.3 Å². The Labute approximate surface area is 134 Å². The van der Waals surface area contributed by atoms with Gasteiger partial charge in [-0.1, -0.05) is 24.6 Å². The molecule has 0 unspecified atom stereocenters. The van der Waals surface area contributed by atoms with E-state index in [0.717, 1.165) is 48.6 Å². The van der Waals surface area contributed by atoms with Gasteiger partial charge in [0.1, 0.15) is 5.82 Å². The molecule has 0 amide bonds. The predicted octanol–water partition coefficient (Wildman–Crippen LogP) is 3.39. The third-order valence-electron chi connectivity index (χ3n) is 3.84. The van der Waals surface area contributed by atoms with Gasteiger partial charge in [-0.05, 0) is 24.6 Å². The average Bonchev–Trinajstić information content (AvgIpc) is 2.99. The molecular weight excluding hydrogens is 304 g/mol. The minimum Gasteiger partial charge on any atom is -0.368 e. The number of benzene rings is 1. The van der Waals surface area contributed by atoms with Gasteiger partial charge < -0.3 is 9.80 Å². The Hall–Kier alpha value is -1.33.